The van der Waals surface area contributed by atoms with E-state index in [-0.39, 0.29) is 61.2 Å². The van der Waals surface area contributed by atoms with Crippen molar-refractivity contribution in [1.29, 1.82) is 5.41 Å². The Hall–Kier alpha value is -2.86. The first kappa shape index (κ1) is 31.4. The van der Waals surface area contributed by atoms with Crippen LogP contribution in [0.25, 0.3) is 0 Å². The first-order valence-corrected chi connectivity index (χ1v) is 14.7. The number of carbonyl (C=O) groups is 2. The van der Waals surface area contributed by atoms with E-state index in [1.165, 1.54) is 9.80 Å². The van der Waals surface area contributed by atoms with Crippen molar-refractivity contribution in [3.05, 3.63) is 28.8 Å². The van der Waals surface area contributed by atoms with Gasteiger partial charge < -0.3 is 26.0 Å². The number of hydrogen-bond donors (Lipinski definition) is 5. The van der Waals surface area contributed by atoms with E-state index < -0.39 is 28.1 Å². The minimum Gasteiger partial charge on any atom is -0.465 e. The van der Waals surface area contributed by atoms with Crippen LogP contribution in [-0.2, 0) is 14.8 Å². The number of sulfonamides is 1. The van der Waals surface area contributed by atoms with Crippen LogP contribution < -0.4 is 15.8 Å². The summed E-state index contributed by atoms with van der Waals surface area (Å²) in [6.07, 6.45) is -0.458. The topological polar surface area (TPSA) is 169 Å². The first-order valence-electron chi connectivity index (χ1n) is 13.2. The molecule has 1 aromatic carbocycles. The van der Waals surface area contributed by atoms with Gasteiger partial charge in [0.1, 0.15) is 6.04 Å². The van der Waals surface area contributed by atoms with Crippen LogP contribution in [0.15, 0.2) is 17.0 Å². The smallest absolute Gasteiger partial charge is 0.407 e. The van der Waals surface area contributed by atoms with E-state index in [1.54, 1.807) is 0 Å². The zero-order valence-corrected chi connectivity index (χ0v) is 24.2. The minimum absolute atomic E-state index is 0.0595. The van der Waals surface area contributed by atoms with Crippen LogP contribution >= 0.6 is 0 Å². The van der Waals surface area contributed by atoms with Crippen molar-refractivity contribution in [1.82, 2.24) is 19.8 Å². The van der Waals surface area contributed by atoms with Crippen molar-refractivity contribution in [2.45, 2.75) is 83.1 Å². The van der Waals surface area contributed by atoms with E-state index in [0.717, 1.165) is 5.56 Å². The lowest BCUT2D eigenvalue weighted by Gasteiger charge is -2.35. The van der Waals surface area contributed by atoms with Crippen molar-refractivity contribution >= 4 is 28.0 Å². The third-order valence-electron chi connectivity index (χ3n) is 6.79. The molecule has 0 radical (unpaired) electrons. The van der Waals surface area contributed by atoms with E-state index in [4.69, 9.17) is 11.1 Å². The predicted molar refractivity (Wildman–Crippen MR) is 148 cm³/mol. The van der Waals surface area contributed by atoms with Gasteiger partial charge in [-0.1, -0.05) is 53.7 Å². The van der Waals surface area contributed by atoms with Crippen molar-refractivity contribution in [2.24, 2.45) is 5.73 Å². The average Bonchev–Trinajstić information content (AvgIpc) is 2.84. The monoisotopic (exact) mass is 552 g/mol. The second-order valence-electron chi connectivity index (χ2n) is 10.7. The molecule has 0 aromatic heterocycles. The maximum absolute atomic E-state index is 14.0. The number of nitrogens with two attached hydrogens (primary N) is 1. The lowest BCUT2D eigenvalue weighted by Crippen LogP contribution is -2.55. The lowest BCUT2D eigenvalue weighted by atomic mass is 9.89. The van der Waals surface area contributed by atoms with Gasteiger partial charge in [-0.25, -0.2) is 13.2 Å². The van der Waals surface area contributed by atoms with Crippen LogP contribution in [0, 0.1) is 5.41 Å². The Bertz CT molecular complexity index is 1080. The molecule has 214 valence electrons. The number of piperazine rings is 1. The van der Waals surface area contributed by atoms with E-state index in [0.29, 0.717) is 24.1 Å². The Morgan fingerprint density at radius 1 is 0.974 bits per heavy atom. The summed E-state index contributed by atoms with van der Waals surface area (Å²) in [5.41, 5.74) is 7.85. The number of hydrogen-bond acceptors (Lipinski definition) is 5. The largest absolute Gasteiger partial charge is 0.465 e. The molecule has 1 saturated heterocycles. The second-order valence-corrected chi connectivity index (χ2v) is 12.4. The highest BCUT2D eigenvalue weighted by molar-refractivity contribution is 7.89. The number of nitrogens with one attached hydrogen (secondary N) is 3. The highest BCUT2D eigenvalue weighted by Gasteiger charge is 2.34. The van der Waals surface area contributed by atoms with Gasteiger partial charge in [0.25, 0.3) is 0 Å². The van der Waals surface area contributed by atoms with E-state index in [2.05, 4.69) is 23.9 Å². The number of guanidine groups is 1. The Morgan fingerprint density at radius 2 is 1.47 bits per heavy atom. The molecule has 1 aromatic rings. The second kappa shape index (κ2) is 13.3. The minimum atomic E-state index is -4.10. The quantitative estimate of drug-likeness (QED) is 0.160. The summed E-state index contributed by atoms with van der Waals surface area (Å²) >= 11 is 0. The van der Waals surface area contributed by atoms with Gasteiger partial charge in [-0.05, 0) is 47.3 Å². The van der Waals surface area contributed by atoms with Crippen molar-refractivity contribution in [2.75, 3.05) is 32.7 Å². The highest BCUT2D eigenvalue weighted by Crippen LogP contribution is 2.35. The molecule has 38 heavy (non-hydrogen) atoms. The number of carbonyl (C=O) groups excluding carboxylic acids is 1. The number of rotatable bonds is 11. The summed E-state index contributed by atoms with van der Waals surface area (Å²) in [5.74, 6) is -0.488. The van der Waals surface area contributed by atoms with Crippen LogP contribution in [0.1, 0.15) is 88.8 Å². The molecule has 1 aliphatic rings. The van der Waals surface area contributed by atoms with Crippen LogP contribution in [0.4, 0.5) is 4.79 Å². The fourth-order valence-electron chi connectivity index (χ4n) is 4.55. The molecule has 0 bridgehead atoms. The van der Waals surface area contributed by atoms with Crippen LogP contribution in [0.5, 0.6) is 0 Å². The Morgan fingerprint density at radius 3 is 1.89 bits per heavy atom. The highest BCUT2D eigenvalue weighted by atomic mass is 32.2. The van der Waals surface area contributed by atoms with Gasteiger partial charge in [-0.3, -0.25) is 10.2 Å². The summed E-state index contributed by atoms with van der Waals surface area (Å²) < 4.78 is 30.7. The fourth-order valence-corrected chi connectivity index (χ4v) is 6.47. The third kappa shape index (κ3) is 8.07. The van der Waals surface area contributed by atoms with Crippen LogP contribution in [0.3, 0.4) is 0 Å². The lowest BCUT2D eigenvalue weighted by molar-refractivity contribution is -0.134. The molecule has 0 aliphatic carbocycles. The molecule has 1 heterocycles. The predicted octanol–water partition coefficient (Wildman–Crippen LogP) is 2.79. The summed E-state index contributed by atoms with van der Waals surface area (Å²) in [6.45, 7) is 13.0. The van der Waals surface area contributed by atoms with Gasteiger partial charge >= 0.3 is 6.09 Å². The molecule has 1 atom stereocenters. The molecule has 11 nitrogen and oxygen atoms in total. The molecule has 0 saturated carbocycles. The SMILES string of the molecule is CC(C)c1cc(C(C)C)c(S(=O)(=O)N[C@@H](CCCNC(=N)N)C(=O)N2CCN(C(=O)O)CC2)c(C(C)C)c1. The molecule has 2 amide bonds. The average molecular weight is 553 g/mol. The number of nitrogens with zero attached hydrogens (tertiary/aromatic N) is 2. The van der Waals surface area contributed by atoms with Crippen molar-refractivity contribution in [3.63, 3.8) is 0 Å². The van der Waals surface area contributed by atoms with Crippen molar-refractivity contribution < 1.29 is 23.1 Å². The zero-order chi connectivity index (χ0) is 28.8. The Labute approximate surface area is 226 Å². The van der Waals surface area contributed by atoms with E-state index in [1.807, 2.05) is 39.8 Å². The maximum Gasteiger partial charge on any atom is 0.407 e. The standard InChI is InChI=1S/C26H44N6O5S/c1-16(2)19-14-20(17(3)4)23(21(15-19)18(5)6)38(36,37)30-22(8-7-9-29-25(27)28)24(33)31-10-12-32(13-11-31)26(34)35/h14-18,22,30H,7-13H2,1-6H3,(H,34,35)(H4,27,28,29)/t22-/m0/s1. The van der Waals surface area contributed by atoms with Gasteiger partial charge in [0.2, 0.25) is 15.9 Å². The molecule has 1 fully saturated rings. The molecule has 12 heteroatoms. The molecular formula is C26H44N6O5S. The molecule has 2 rings (SSSR count). The van der Waals surface area contributed by atoms with Gasteiger partial charge in [-0.2, -0.15) is 4.72 Å². The van der Waals surface area contributed by atoms with Crippen molar-refractivity contribution in [3.8, 4) is 0 Å². The Balaban J connectivity index is 2.45. The number of amides is 2. The summed E-state index contributed by atoms with van der Waals surface area (Å²) in [6, 6.07) is 2.86. The third-order valence-corrected chi connectivity index (χ3v) is 8.39. The van der Waals surface area contributed by atoms with Gasteiger partial charge in [0.05, 0.1) is 4.90 Å². The molecule has 1 aliphatic heterocycles. The van der Waals surface area contributed by atoms with E-state index in [9.17, 15) is 23.1 Å². The van der Waals surface area contributed by atoms with E-state index >= 15 is 0 Å². The van der Waals surface area contributed by atoms with Crippen LogP contribution in [-0.4, -0.2) is 80.0 Å². The van der Waals surface area contributed by atoms with Gasteiger partial charge in [0, 0.05) is 32.7 Å². The maximum atomic E-state index is 14.0. The normalized spacial score (nSPS) is 15.3. The van der Waals surface area contributed by atoms with Gasteiger partial charge in [0.15, 0.2) is 5.96 Å². The Kier molecular flexibility index (Phi) is 11.0. The summed E-state index contributed by atoms with van der Waals surface area (Å²) in [4.78, 5) is 27.8. The number of carboxylic acid groups (broad SMARTS) is 1. The summed E-state index contributed by atoms with van der Waals surface area (Å²) in [7, 11) is -4.10. The van der Waals surface area contributed by atoms with Crippen LogP contribution in [0.2, 0.25) is 0 Å². The molecule has 0 unspecified atom stereocenters. The first-order chi connectivity index (χ1) is 17.7. The number of benzene rings is 1. The molecule has 0 spiro atoms. The summed E-state index contributed by atoms with van der Waals surface area (Å²) in [5, 5.41) is 19.3. The zero-order valence-electron chi connectivity index (χ0n) is 23.4. The fraction of sp³-hybridized carbons (Fsp3) is 0.654. The molecule has 6 N–H and O–H groups in total. The molecular weight excluding hydrogens is 508 g/mol. The van der Waals surface area contributed by atoms with Gasteiger partial charge in [-0.15, -0.1) is 0 Å².